The van der Waals surface area contributed by atoms with E-state index in [1.165, 1.54) is 0 Å². The Hall–Kier alpha value is -1.63. The average molecular weight is 200 g/mol. The van der Waals surface area contributed by atoms with Crippen molar-refractivity contribution >= 4 is 0 Å². The summed E-state index contributed by atoms with van der Waals surface area (Å²) in [4.78, 5) is 0. The zero-order valence-corrected chi connectivity index (χ0v) is 8.70. The monoisotopic (exact) mass is 200 g/mol. The molecule has 0 atom stereocenters. The van der Waals surface area contributed by atoms with Gasteiger partial charge >= 0.3 is 0 Å². The van der Waals surface area contributed by atoms with Gasteiger partial charge in [-0.15, -0.1) is 0 Å². The normalized spacial score (nSPS) is 10.3. The molecule has 0 unspecified atom stereocenters. The van der Waals surface area contributed by atoms with Gasteiger partial charge in [0.15, 0.2) is 0 Å². The van der Waals surface area contributed by atoms with E-state index in [1.54, 1.807) is 0 Å². The molecule has 0 fully saturated rings. The molecule has 0 N–H and O–H groups in total. The number of hydrogen-bond donors (Lipinski definition) is 0. The first-order chi connectivity index (χ1) is 7.29. The van der Waals surface area contributed by atoms with Gasteiger partial charge in [0.25, 0.3) is 0 Å². The fourth-order valence-corrected chi connectivity index (χ4v) is 1.74. The first-order valence-corrected chi connectivity index (χ1v) is 5.01. The second-order valence-corrected chi connectivity index (χ2v) is 3.71. The number of rotatable bonds is 2. The Morgan fingerprint density at radius 2 is 1.67 bits per heavy atom. The van der Waals surface area contributed by atoms with Gasteiger partial charge in [0.1, 0.15) is 6.67 Å². The van der Waals surface area contributed by atoms with Gasteiger partial charge in [-0.05, 0) is 29.7 Å². The highest BCUT2D eigenvalue weighted by atomic mass is 19.1. The summed E-state index contributed by atoms with van der Waals surface area (Å²) in [6.45, 7) is 1.59. The Morgan fingerprint density at radius 1 is 0.933 bits per heavy atom. The number of halogens is 1. The van der Waals surface area contributed by atoms with Gasteiger partial charge < -0.3 is 0 Å². The van der Waals surface area contributed by atoms with Gasteiger partial charge in [-0.1, -0.05) is 48.0 Å². The summed E-state index contributed by atoms with van der Waals surface area (Å²) < 4.78 is 12.6. The van der Waals surface area contributed by atoms with E-state index in [9.17, 15) is 4.39 Å². The standard InChI is InChI=1S/C14H13F/c1-11-7-12(10-15)9-14(8-11)13-5-3-2-4-6-13/h2-9H,10H2,1H3. The van der Waals surface area contributed by atoms with Crippen LogP contribution in [0.5, 0.6) is 0 Å². The SMILES string of the molecule is Cc1cc(CF)cc(-c2ccccc2)c1. The van der Waals surface area contributed by atoms with Crippen molar-refractivity contribution in [3.63, 3.8) is 0 Å². The quantitative estimate of drug-likeness (QED) is 0.683. The predicted molar refractivity (Wildman–Crippen MR) is 61.4 cm³/mol. The smallest absolute Gasteiger partial charge is 0.115 e. The van der Waals surface area contributed by atoms with Crippen molar-refractivity contribution in [3.05, 3.63) is 59.7 Å². The Morgan fingerprint density at radius 3 is 2.33 bits per heavy atom. The number of aryl methyl sites for hydroxylation is 1. The van der Waals surface area contributed by atoms with Crippen molar-refractivity contribution in [1.82, 2.24) is 0 Å². The summed E-state index contributed by atoms with van der Waals surface area (Å²) >= 11 is 0. The van der Waals surface area contributed by atoms with Crippen LogP contribution >= 0.6 is 0 Å². The Balaban J connectivity index is 2.49. The average Bonchev–Trinajstić information content (AvgIpc) is 2.29. The van der Waals surface area contributed by atoms with Crippen LogP contribution in [-0.2, 0) is 6.67 Å². The van der Waals surface area contributed by atoms with E-state index < -0.39 is 6.67 Å². The molecular weight excluding hydrogens is 187 g/mol. The minimum absolute atomic E-state index is 0.401. The summed E-state index contributed by atoms with van der Waals surface area (Å²) in [6.07, 6.45) is 0. The zero-order chi connectivity index (χ0) is 10.7. The maximum Gasteiger partial charge on any atom is 0.115 e. The minimum atomic E-state index is -0.401. The molecule has 1 heteroatoms. The molecule has 2 aromatic rings. The lowest BCUT2D eigenvalue weighted by atomic mass is 10.0. The van der Waals surface area contributed by atoms with Gasteiger partial charge in [-0.3, -0.25) is 0 Å². The van der Waals surface area contributed by atoms with Gasteiger partial charge in [-0.25, -0.2) is 4.39 Å². The maximum atomic E-state index is 12.6. The van der Waals surface area contributed by atoms with Gasteiger partial charge in [0.2, 0.25) is 0 Å². The first kappa shape index (κ1) is 9.91. The summed E-state index contributed by atoms with van der Waals surface area (Å²) in [7, 11) is 0. The zero-order valence-electron chi connectivity index (χ0n) is 8.70. The van der Waals surface area contributed by atoms with Crippen LogP contribution in [0.15, 0.2) is 48.5 Å². The highest BCUT2D eigenvalue weighted by Crippen LogP contribution is 2.22. The molecule has 0 aliphatic carbocycles. The summed E-state index contributed by atoms with van der Waals surface area (Å²) in [6, 6.07) is 15.9. The fourth-order valence-electron chi connectivity index (χ4n) is 1.74. The molecule has 0 nitrogen and oxygen atoms in total. The van der Waals surface area contributed by atoms with Crippen LogP contribution in [0.3, 0.4) is 0 Å². The Bertz CT molecular complexity index is 446. The third-order valence-electron chi connectivity index (χ3n) is 2.40. The molecule has 2 aromatic carbocycles. The minimum Gasteiger partial charge on any atom is -0.246 e. The second-order valence-electron chi connectivity index (χ2n) is 3.71. The van der Waals surface area contributed by atoms with Crippen LogP contribution in [0.1, 0.15) is 11.1 Å². The fraction of sp³-hybridized carbons (Fsp3) is 0.143. The third-order valence-corrected chi connectivity index (χ3v) is 2.40. The summed E-state index contributed by atoms with van der Waals surface area (Å²) in [5, 5.41) is 0. The van der Waals surface area contributed by atoms with Gasteiger partial charge in [0.05, 0.1) is 0 Å². The molecule has 0 aromatic heterocycles. The van der Waals surface area contributed by atoms with E-state index in [-0.39, 0.29) is 0 Å². The third kappa shape index (κ3) is 2.24. The van der Waals surface area contributed by atoms with Crippen LogP contribution in [0.2, 0.25) is 0 Å². The molecule has 0 heterocycles. The molecule has 15 heavy (non-hydrogen) atoms. The van der Waals surface area contributed by atoms with Gasteiger partial charge in [0, 0.05) is 0 Å². The highest BCUT2D eigenvalue weighted by molar-refractivity contribution is 5.64. The van der Waals surface area contributed by atoms with Gasteiger partial charge in [-0.2, -0.15) is 0 Å². The van der Waals surface area contributed by atoms with E-state index in [0.29, 0.717) is 0 Å². The molecule has 2 rings (SSSR count). The molecule has 76 valence electrons. The molecule has 0 aliphatic heterocycles. The second kappa shape index (κ2) is 4.26. The van der Waals surface area contributed by atoms with Crippen molar-refractivity contribution in [3.8, 4) is 11.1 Å². The lowest BCUT2D eigenvalue weighted by Crippen LogP contribution is -1.85. The van der Waals surface area contributed by atoms with E-state index >= 15 is 0 Å². The van der Waals surface area contributed by atoms with Crippen molar-refractivity contribution in [2.45, 2.75) is 13.6 Å². The largest absolute Gasteiger partial charge is 0.246 e. The van der Waals surface area contributed by atoms with Crippen molar-refractivity contribution in [1.29, 1.82) is 0 Å². The Labute approximate surface area is 89.4 Å². The van der Waals surface area contributed by atoms with Crippen molar-refractivity contribution < 1.29 is 4.39 Å². The molecule has 0 aliphatic rings. The van der Waals surface area contributed by atoms with Crippen LogP contribution in [0.25, 0.3) is 11.1 Å². The topological polar surface area (TPSA) is 0 Å². The molecule has 0 radical (unpaired) electrons. The molecular formula is C14H13F. The van der Waals surface area contributed by atoms with E-state index in [1.807, 2.05) is 49.4 Å². The van der Waals surface area contributed by atoms with Crippen LogP contribution in [0.4, 0.5) is 4.39 Å². The molecule has 0 amide bonds. The molecule has 0 bridgehead atoms. The van der Waals surface area contributed by atoms with Crippen molar-refractivity contribution in [2.24, 2.45) is 0 Å². The first-order valence-electron chi connectivity index (χ1n) is 5.01. The lowest BCUT2D eigenvalue weighted by Gasteiger charge is -2.05. The van der Waals surface area contributed by atoms with E-state index in [2.05, 4.69) is 6.07 Å². The highest BCUT2D eigenvalue weighted by Gasteiger charge is 2.00. The number of hydrogen-bond acceptors (Lipinski definition) is 0. The lowest BCUT2D eigenvalue weighted by molar-refractivity contribution is 0.485. The molecule has 0 saturated carbocycles. The Kier molecular flexibility index (Phi) is 2.82. The number of alkyl halides is 1. The van der Waals surface area contributed by atoms with Crippen LogP contribution in [-0.4, -0.2) is 0 Å². The predicted octanol–water partition coefficient (Wildman–Crippen LogP) is 4.13. The van der Waals surface area contributed by atoms with Crippen molar-refractivity contribution in [2.75, 3.05) is 0 Å². The van der Waals surface area contributed by atoms with E-state index in [4.69, 9.17) is 0 Å². The summed E-state index contributed by atoms with van der Waals surface area (Å²) in [5.74, 6) is 0. The van der Waals surface area contributed by atoms with Crippen LogP contribution < -0.4 is 0 Å². The van der Waals surface area contributed by atoms with E-state index in [0.717, 1.165) is 22.3 Å². The summed E-state index contributed by atoms with van der Waals surface area (Å²) in [5.41, 5.74) is 4.07. The maximum absolute atomic E-state index is 12.6. The number of benzene rings is 2. The molecule has 0 saturated heterocycles. The molecule has 0 spiro atoms. The van der Waals surface area contributed by atoms with Crippen LogP contribution in [0, 0.1) is 6.92 Å².